The Morgan fingerprint density at radius 2 is 1.80 bits per heavy atom. The molecule has 0 spiro atoms. The first kappa shape index (κ1) is 16.3. The SMILES string of the molecule is CCC(C)CC(C)N1CC2CCCCN2CC1C(C)C. The lowest BCUT2D eigenvalue weighted by molar-refractivity contribution is -0.0305. The van der Waals surface area contributed by atoms with E-state index in [1.165, 1.54) is 51.7 Å². The van der Waals surface area contributed by atoms with Gasteiger partial charge in [0.15, 0.2) is 0 Å². The van der Waals surface area contributed by atoms with Gasteiger partial charge in [-0.1, -0.05) is 40.5 Å². The molecule has 118 valence electrons. The third-order valence-electron chi connectivity index (χ3n) is 5.79. The molecular weight excluding hydrogens is 244 g/mol. The molecule has 0 radical (unpaired) electrons. The van der Waals surface area contributed by atoms with E-state index in [0.717, 1.165) is 30.0 Å². The van der Waals surface area contributed by atoms with E-state index in [2.05, 4.69) is 44.4 Å². The van der Waals surface area contributed by atoms with Gasteiger partial charge >= 0.3 is 0 Å². The molecule has 4 unspecified atom stereocenters. The molecule has 4 atom stereocenters. The van der Waals surface area contributed by atoms with E-state index in [1.54, 1.807) is 0 Å². The summed E-state index contributed by atoms with van der Waals surface area (Å²) in [5.74, 6) is 1.64. The van der Waals surface area contributed by atoms with Crippen LogP contribution in [0.5, 0.6) is 0 Å². The number of fused-ring (bicyclic) bond motifs is 1. The lowest BCUT2D eigenvalue weighted by atomic mass is 9.89. The molecule has 0 amide bonds. The highest BCUT2D eigenvalue weighted by atomic mass is 15.3. The van der Waals surface area contributed by atoms with Crippen LogP contribution in [0.2, 0.25) is 0 Å². The van der Waals surface area contributed by atoms with Crippen LogP contribution in [0.3, 0.4) is 0 Å². The maximum Gasteiger partial charge on any atom is 0.0249 e. The minimum Gasteiger partial charge on any atom is -0.298 e. The molecule has 0 aromatic carbocycles. The van der Waals surface area contributed by atoms with Crippen molar-refractivity contribution in [2.24, 2.45) is 11.8 Å². The molecule has 2 heterocycles. The van der Waals surface area contributed by atoms with Crippen molar-refractivity contribution in [1.29, 1.82) is 0 Å². The Morgan fingerprint density at radius 3 is 2.45 bits per heavy atom. The second-order valence-corrected chi connectivity index (χ2v) is 7.75. The van der Waals surface area contributed by atoms with E-state index in [9.17, 15) is 0 Å². The van der Waals surface area contributed by atoms with Crippen molar-refractivity contribution >= 4 is 0 Å². The monoisotopic (exact) mass is 280 g/mol. The second-order valence-electron chi connectivity index (χ2n) is 7.75. The number of piperidine rings is 1. The van der Waals surface area contributed by atoms with E-state index >= 15 is 0 Å². The number of piperazine rings is 1. The Bertz CT molecular complexity index is 289. The second kappa shape index (κ2) is 7.26. The lowest BCUT2D eigenvalue weighted by Gasteiger charge is -2.52. The first-order valence-corrected chi connectivity index (χ1v) is 9.02. The summed E-state index contributed by atoms with van der Waals surface area (Å²) < 4.78 is 0. The molecule has 0 N–H and O–H groups in total. The van der Waals surface area contributed by atoms with Crippen LogP contribution in [-0.4, -0.2) is 47.6 Å². The van der Waals surface area contributed by atoms with Gasteiger partial charge in [0.25, 0.3) is 0 Å². The zero-order chi connectivity index (χ0) is 14.7. The van der Waals surface area contributed by atoms with Gasteiger partial charge in [-0.25, -0.2) is 0 Å². The fourth-order valence-corrected chi connectivity index (χ4v) is 4.22. The topological polar surface area (TPSA) is 6.48 Å². The predicted octanol–water partition coefficient (Wildman–Crippen LogP) is 4.01. The summed E-state index contributed by atoms with van der Waals surface area (Å²) in [6.45, 7) is 16.0. The minimum absolute atomic E-state index is 0.751. The van der Waals surface area contributed by atoms with Crippen molar-refractivity contribution in [2.45, 2.75) is 84.8 Å². The third-order valence-corrected chi connectivity index (χ3v) is 5.79. The number of hydrogen-bond acceptors (Lipinski definition) is 2. The van der Waals surface area contributed by atoms with Crippen LogP contribution in [0.15, 0.2) is 0 Å². The summed E-state index contributed by atoms with van der Waals surface area (Å²) in [5, 5.41) is 0. The van der Waals surface area contributed by atoms with E-state index in [-0.39, 0.29) is 0 Å². The Balaban J connectivity index is 2.03. The highest BCUT2D eigenvalue weighted by Crippen LogP contribution is 2.30. The normalized spacial score (nSPS) is 32.1. The largest absolute Gasteiger partial charge is 0.298 e. The molecule has 20 heavy (non-hydrogen) atoms. The van der Waals surface area contributed by atoms with Crippen LogP contribution in [0.25, 0.3) is 0 Å². The van der Waals surface area contributed by atoms with Gasteiger partial charge in [0, 0.05) is 31.2 Å². The highest BCUT2D eigenvalue weighted by molar-refractivity contribution is 4.94. The molecule has 0 aromatic heterocycles. The van der Waals surface area contributed by atoms with Crippen LogP contribution in [-0.2, 0) is 0 Å². The Kier molecular flexibility index (Phi) is 5.92. The third kappa shape index (κ3) is 3.76. The van der Waals surface area contributed by atoms with Crippen molar-refractivity contribution in [3.05, 3.63) is 0 Å². The van der Waals surface area contributed by atoms with Crippen molar-refractivity contribution in [2.75, 3.05) is 19.6 Å². The van der Waals surface area contributed by atoms with Crippen LogP contribution in [0.1, 0.15) is 66.7 Å². The molecule has 2 saturated heterocycles. The van der Waals surface area contributed by atoms with Gasteiger partial charge in [-0.05, 0) is 44.6 Å². The molecule has 2 rings (SSSR count). The smallest absolute Gasteiger partial charge is 0.0249 e. The van der Waals surface area contributed by atoms with Crippen molar-refractivity contribution in [3.63, 3.8) is 0 Å². The maximum absolute atomic E-state index is 2.86. The summed E-state index contributed by atoms with van der Waals surface area (Å²) in [6, 6.07) is 2.36. The van der Waals surface area contributed by atoms with E-state index < -0.39 is 0 Å². The van der Waals surface area contributed by atoms with Crippen molar-refractivity contribution in [3.8, 4) is 0 Å². The Morgan fingerprint density at radius 1 is 1.05 bits per heavy atom. The number of hydrogen-bond donors (Lipinski definition) is 0. The quantitative estimate of drug-likeness (QED) is 0.751. The highest BCUT2D eigenvalue weighted by Gasteiger charge is 2.38. The first-order valence-electron chi connectivity index (χ1n) is 9.02. The molecule has 2 heteroatoms. The van der Waals surface area contributed by atoms with Gasteiger partial charge in [-0.2, -0.15) is 0 Å². The van der Waals surface area contributed by atoms with Crippen LogP contribution in [0, 0.1) is 11.8 Å². The molecule has 0 aliphatic carbocycles. The van der Waals surface area contributed by atoms with Gasteiger partial charge in [-0.3, -0.25) is 9.80 Å². The van der Waals surface area contributed by atoms with Gasteiger partial charge < -0.3 is 0 Å². The molecule has 2 aliphatic heterocycles. The molecule has 2 nitrogen and oxygen atoms in total. The average Bonchev–Trinajstić information content (AvgIpc) is 2.45. The summed E-state index contributed by atoms with van der Waals surface area (Å²) in [4.78, 5) is 5.66. The molecule has 2 fully saturated rings. The van der Waals surface area contributed by atoms with E-state index in [1.807, 2.05) is 0 Å². The summed E-state index contributed by atoms with van der Waals surface area (Å²) in [7, 11) is 0. The summed E-state index contributed by atoms with van der Waals surface area (Å²) in [5.41, 5.74) is 0. The number of rotatable bonds is 5. The van der Waals surface area contributed by atoms with Crippen molar-refractivity contribution in [1.82, 2.24) is 9.80 Å². The summed E-state index contributed by atoms with van der Waals surface area (Å²) >= 11 is 0. The fraction of sp³-hybridized carbons (Fsp3) is 1.00. The predicted molar refractivity (Wildman–Crippen MR) is 88.1 cm³/mol. The maximum atomic E-state index is 2.86. The lowest BCUT2D eigenvalue weighted by Crippen LogP contribution is -2.63. The Hall–Kier alpha value is -0.0800. The van der Waals surface area contributed by atoms with Gasteiger partial charge in [-0.15, -0.1) is 0 Å². The van der Waals surface area contributed by atoms with Gasteiger partial charge in [0.1, 0.15) is 0 Å². The van der Waals surface area contributed by atoms with Crippen LogP contribution >= 0.6 is 0 Å². The first-order chi connectivity index (χ1) is 9.52. The molecule has 0 saturated carbocycles. The summed E-state index contributed by atoms with van der Waals surface area (Å²) in [6.07, 6.45) is 6.98. The van der Waals surface area contributed by atoms with E-state index in [4.69, 9.17) is 0 Å². The van der Waals surface area contributed by atoms with Gasteiger partial charge in [0.05, 0.1) is 0 Å². The molecule has 2 aliphatic rings. The zero-order valence-corrected chi connectivity index (χ0v) is 14.4. The fourth-order valence-electron chi connectivity index (χ4n) is 4.22. The zero-order valence-electron chi connectivity index (χ0n) is 14.4. The number of nitrogens with zero attached hydrogens (tertiary/aromatic N) is 2. The van der Waals surface area contributed by atoms with Crippen LogP contribution < -0.4 is 0 Å². The van der Waals surface area contributed by atoms with Gasteiger partial charge in [0.2, 0.25) is 0 Å². The van der Waals surface area contributed by atoms with Crippen LogP contribution in [0.4, 0.5) is 0 Å². The average molecular weight is 280 g/mol. The molecular formula is C18H36N2. The minimum atomic E-state index is 0.751. The standard InChI is InChI=1S/C18H36N2/c1-6-15(4)11-16(5)20-12-17-9-7-8-10-19(17)13-18(20)14(2)3/h14-18H,6-13H2,1-5H3. The molecule has 0 aromatic rings. The van der Waals surface area contributed by atoms with E-state index in [0.29, 0.717) is 0 Å². The Labute approximate surface area is 126 Å². The molecule has 0 bridgehead atoms. The van der Waals surface area contributed by atoms with Crippen molar-refractivity contribution < 1.29 is 0 Å².